The Bertz CT molecular complexity index is 1250. The molecule has 2 heterocycles. The van der Waals surface area contributed by atoms with E-state index in [-0.39, 0.29) is 23.4 Å². The molecule has 0 aliphatic carbocycles. The van der Waals surface area contributed by atoms with Crippen LogP contribution in [0.3, 0.4) is 0 Å². The maximum Gasteiger partial charge on any atom is 0.416 e. The lowest BCUT2D eigenvalue weighted by molar-refractivity contribution is -0.137. The van der Waals surface area contributed by atoms with Crippen molar-refractivity contribution in [3.63, 3.8) is 0 Å². The van der Waals surface area contributed by atoms with Gasteiger partial charge in [-0.3, -0.25) is 4.79 Å². The number of rotatable bonds is 4. The first-order chi connectivity index (χ1) is 14.3. The summed E-state index contributed by atoms with van der Waals surface area (Å²) >= 11 is 0. The second-order valence-corrected chi connectivity index (χ2v) is 6.49. The van der Waals surface area contributed by atoms with Crippen molar-refractivity contribution in [2.75, 3.05) is 5.43 Å². The van der Waals surface area contributed by atoms with E-state index in [0.29, 0.717) is 11.1 Å². The Morgan fingerprint density at radius 1 is 0.967 bits per heavy atom. The molecular formula is C21H14F4N4O. The molecule has 0 amide bonds. The monoisotopic (exact) mass is 414 g/mol. The Morgan fingerprint density at radius 3 is 2.33 bits per heavy atom. The number of nitrogens with zero attached hydrogens (tertiary/aromatic N) is 3. The zero-order chi connectivity index (χ0) is 21.3. The first-order valence-corrected chi connectivity index (χ1v) is 8.87. The zero-order valence-corrected chi connectivity index (χ0v) is 15.3. The maximum atomic E-state index is 13.3. The van der Waals surface area contributed by atoms with Crippen LogP contribution in [-0.4, -0.2) is 14.6 Å². The number of halogens is 4. The molecule has 0 saturated heterocycles. The maximum absolute atomic E-state index is 13.3. The number of benzene rings is 2. The van der Waals surface area contributed by atoms with Gasteiger partial charge in [0.2, 0.25) is 0 Å². The van der Waals surface area contributed by atoms with Crippen molar-refractivity contribution in [2.45, 2.75) is 12.7 Å². The second-order valence-electron chi connectivity index (χ2n) is 6.49. The Balaban J connectivity index is 1.73. The Labute approximate surface area is 167 Å². The minimum absolute atomic E-state index is 0.0691. The molecule has 5 nitrogen and oxygen atoms in total. The van der Waals surface area contributed by atoms with Crippen molar-refractivity contribution >= 4 is 11.0 Å². The molecular weight excluding hydrogens is 400 g/mol. The molecule has 2 aromatic heterocycles. The fourth-order valence-electron chi connectivity index (χ4n) is 2.94. The van der Waals surface area contributed by atoms with Gasteiger partial charge in [-0.25, -0.2) is 19.0 Å². The zero-order valence-electron chi connectivity index (χ0n) is 15.3. The number of fused-ring (bicyclic) bond motifs is 1. The predicted molar refractivity (Wildman–Crippen MR) is 104 cm³/mol. The van der Waals surface area contributed by atoms with Crippen molar-refractivity contribution in [3.8, 4) is 11.4 Å². The summed E-state index contributed by atoms with van der Waals surface area (Å²) in [6.07, 6.45) is -2.92. The van der Waals surface area contributed by atoms with Gasteiger partial charge >= 0.3 is 6.18 Å². The van der Waals surface area contributed by atoms with E-state index in [9.17, 15) is 22.4 Å². The third-order valence-electron chi connectivity index (χ3n) is 4.47. The van der Waals surface area contributed by atoms with Gasteiger partial charge < -0.3 is 5.43 Å². The van der Waals surface area contributed by atoms with E-state index in [1.807, 2.05) is 0 Å². The van der Waals surface area contributed by atoms with Crippen molar-refractivity contribution in [1.29, 1.82) is 0 Å². The molecule has 0 radical (unpaired) electrons. The second kappa shape index (κ2) is 7.58. The highest BCUT2D eigenvalue weighted by Gasteiger charge is 2.29. The largest absolute Gasteiger partial charge is 0.416 e. The summed E-state index contributed by atoms with van der Waals surface area (Å²) in [6, 6.07) is 13.2. The number of nitrogens with one attached hydrogen (secondary N) is 1. The van der Waals surface area contributed by atoms with E-state index in [1.54, 1.807) is 12.1 Å². The Morgan fingerprint density at radius 2 is 1.67 bits per heavy atom. The van der Waals surface area contributed by atoms with Crippen LogP contribution in [-0.2, 0) is 12.7 Å². The van der Waals surface area contributed by atoms with E-state index < -0.39 is 23.1 Å². The van der Waals surface area contributed by atoms with E-state index in [2.05, 4.69) is 15.4 Å². The fourth-order valence-corrected chi connectivity index (χ4v) is 2.94. The van der Waals surface area contributed by atoms with Crippen molar-refractivity contribution in [2.24, 2.45) is 0 Å². The first-order valence-electron chi connectivity index (χ1n) is 8.87. The lowest BCUT2D eigenvalue weighted by atomic mass is 10.1. The van der Waals surface area contributed by atoms with Crippen molar-refractivity contribution < 1.29 is 17.6 Å². The van der Waals surface area contributed by atoms with Gasteiger partial charge in [0.1, 0.15) is 5.82 Å². The number of aromatic nitrogens is 3. The summed E-state index contributed by atoms with van der Waals surface area (Å²) in [5.41, 5.74) is 2.95. The van der Waals surface area contributed by atoms with Crippen LogP contribution in [0.1, 0.15) is 11.1 Å². The number of pyridine rings is 1. The molecule has 30 heavy (non-hydrogen) atoms. The van der Waals surface area contributed by atoms with E-state index >= 15 is 0 Å². The lowest BCUT2D eigenvalue weighted by Crippen LogP contribution is -2.31. The fraction of sp³-hybridized carbons (Fsp3) is 0.0952. The molecule has 0 saturated carbocycles. The summed E-state index contributed by atoms with van der Waals surface area (Å²) in [5, 5.41) is 0.267. The molecule has 152 valence electrons. The topological polar surface area (TPSA) is 59.8 Å². The van der Waals surface area contributed by atoms with E-state index in [0.717, 1.165) is 12.1 Å². The summed E-state index contributed by atoms with van der Waals surface area (Å²) in [7, 11) is 0. The minimum Gasteiger partial charge on any atom is -0.317 e. The molecule has 0 bridgehead atoms. The van der Waals surface area contributed by atoms with Crippen LogP contribution >= 0.6 is 0 Å². The Hall–Kier alpha value is -3.75. The van der Waals surface area contributed by atoms with E-state index in [4.69, 9.17) is 0 Å². The molecule has 0 atom stereocenters. The van der Waals surface area contributed by atoms with Gasteiger partial charge in [0, 0.05) is 11.8 Å². The molecule has 9 heteroatoms. The minimum atomic E-state index is -4.42. The van der Waals surface area contributed by atoms with Crippen LogP contribution in [0.15, 0.2) is 71.7 Å². The molecule has 0 spiro atoms. The van der Waals surface area contributed by atoms with E-state index in [1.165, 1.54) is 47.3 Å². The van der Waals surface area contributed by atoms with Crippen LogP contribution < -0.4 is 11.0 Å². The van der Waals surface area contributed by atoms with Gasteiger partial charge in [-0.05, 0) is 54.1 Å². The van der Waals surface area contributed by atoms with Crippen LogP contribution in [0.4, 0.5) is 17.6 Å². The standard InChI is InChI=1S/C21H14F4N4O/c22-16-9-5-14(6-10-16)19-28-18-17(2-1-11-26-18)20(30)29(19)27-12-13-3-7-15(8-4-13)21(23,24)25/h1-11,27H,12H2. The molecule has 4 rings (SSSR count). The predicted octanol–water partition coefficient (Wildman–Crippen LogP) is 4.36. The summed E-state index contributed by atoms with van der Waals surface area (Å²) in [5.74, 6) is -0.234. The average molecular weight is 414 g/mol. The van der Waals surface area contributed by atoms with Gasteiger partial charge in [-0.2, -0.15) is 13.2 Å². The van der Waals surface area contributed by atoms with Crippen LogP contribution in [0.2, 0.25) is 0 Å². The number of hydrogen-bond donors (Lipinski definition) is 1. The molecule has 0 aliphatic heterocycles. The third kappa shape index (κ3) is 3.86. The van der Waals surface area contributed by atoms with Crippen LogP contribution in [0.5, 0.6) is 0 Å². The summed E-state index contributed by atoms with van der Waals surface area (Å²) in [4.78, 5) is 21.5. The smallest absolute Gasteiger partial charge is 0.317 e. The SMILES string of the molecule is O=c1c2cccnc2nc(-c2ccc(F)cc2)n1NCc1ccc(C(F)(F)F)cc1. The number of alkyl halides is 3. The summed E-state index contributed by atoms with van der Waals surface area (Å²) < 4.78 is 52.7. The van der Waals surface area contributed by atoms with Gasteiger partial charge in [-0.15, -0.1) is 0 Å². The normalized spacial score (nSPS) is 11.6. The Kier molecular flexibility index (Phi) is 4.94. The van der Waals surface area contributed by atoms with Crippen molar-refractivity contribution in [1.82, 2.24) is 14.6 Å². The van der Waals surface area contributed by atoms with Gasteiger partial charge in [0.05, 0.1) is 17.5 Å². The molecule has 0 aliphatic rings. The average Bonchev–Trinajstić information content (AvgIpc) is 2.73. The van der Waals surface area contributed by atoms with Gasteiger partial charge in [0.25, 0.3) is 5.56 Å². The van der Waals surface area contributed by atoms with Gasteiger partial charge in [-0.1, -0.05) is 12.1 Å². The number of hydrogen-bond acceptors (Lipinski definition) is 4. The highest BCUT2D eigenvalue weighted by Crippen LogP contribution is 2.29. The molecule has 0 unspecified atom stereocenters. The lowest BCUT2D eigenvalue weighted by Gasteiger charge is -2.15. The molecule has 4 aromatic rings. The molecule has 0 fully saturated rings. The quantitative estimate of drug-likeness (QED) is 0.504. The van der Waals surface area contributed by atoms with Crippen LogP contribution in [0, 0.1) is 5.82 Å². The van der Waals surface area contributed by atoms with Crippen LogP contribution in [0.25, 0.3) is 22.4 Å². The highest BCUT2D eigenvalue weighted by atomic mass is 19.4. The molecule has 2 aromatic carbocycles. The van der Waals surface area contributed by atoms with Gasteiger partial charge in [0.15, 0.2) is 11.5 Å². The molecule has 1 N–H and O–H groups in total. The summed E-state index contributed by atoms with van der Waals surface area (Å²) in [6.45, 7) is 0.0691. The van der Waals surface area contributed by atoms with Crippen molar-refractivity contribution in [3.05, 3.63) is 94.2 Å². The highest BCUT2D eigenvalue weighted by molar-refractivity contribution is 5.76. The third-order valence-corrected chi connectivity index (χ3v) is 4.47. The first kappa shape index (κ1) is 19.6.